The first-order valence-electron chi connectivity index (χ1n) is 8.10. The van der Waals surface area contributed by atoms with Gasteiger partial charge in [-0.3, -0.25) is 22.9 Å². The zero-order valence-electron chi connectivity index (χ0n) is 13.5. The molecule has 24 heavy (non-hydrogen) atoms. The smallest absolute Gasteiger partial charge is 0.260 e. The van der Waals surface area contributed by atoms with Crippen LogP contribution in [0.3, 0.4) is 0 Å². The minimum atomic E-state index is -0.356. The molecule has 1 aromatic carbocycles. The molecule has 0 aliphatic heterocycles. The SMILES string of the molecule is CCCCC(CC)Cn1s[nH]c2c(Br)c3c(=O)[nH]c(=O)c3c(Br)c21. The minimum Gasteiger partial charge on any atom is -0.294 e. The van der Waals surface area contributed by atoms with Crippen LogP contribution in [0.4, 0.5) is 0 Å². The zero-order valence-corrected chi connectivity index (χ0v) is 17.5. The van der Waals surface area contributed by atoms with Crippen LogP contribution in [0.5, 0.6) is 0 Å². The maximum atomic E-state index is 12.1. The van der Waals surface area contributed by atoms with Crippen molar-refractivity contribution in [2.24, 2.45) is 5.92 Å². The van der Waals surface area contributed by atoms with Crippen LogP contribution in [0.15, 0.2) is 18.5 Å². The lowest BCUT2D eigenvalue weighted by Crippen LogP contribution is -2.09. The molecule has 8 heteroatoms. The lowest BCUT2D eigenvalue weighted by molar-refractivity contribution is 0.407. The molecule has 130 valence electrons. The Labute approximate surface area is 160 Å². The maximum absolute atomic E-state index is 12.1. The number of halogens is 2. The lowest BCUT2D eigenvalue weighted by Gasteiger charge is -2.15. The third kappa shape index (κ3) is 2.93. The number of aromatic amines is 2. The van der Waals surface area contributed by atoms with Crippen LogP contribution < -0.4 is 11.1 Å². The second kappa shape index (κ2) is 7.17. The normalized spacial score (nSPS) is 13.2. The van der Waals surface area contributed by atoms with Gasteiger partial charge in [-0.15, -0.1) is 0 Å². The average Bonchev–Trinajstić information content (AvgIpc) is 3.10. The van der Waals surface area contributed by atoms with E-state index >= 15 is 0 Å². The van der Waals surface area contributed by atoms with Crippen molar-refractivity contribution in [3.63, 3.8) is 0 Å². The largest absolute Gasteiger partial charge is 0.294 e. The van der Waals surface area contributed by atoms with Crippen LogP contribution in [0.25, 0.3) is 21.8 Å². The molecule has 0 amide bonds. The summed E-state index contributed by atoms with van der Waals surface area (Å²) in [5, 5.41) is 0.820. The summed E-state index contributed by atoms with van der Waals surface area (Å²) in [4.78, 5) is 26.6. The van der Waals surface area contributed by atoms with E-state index in [9.17, 15) is 9.59 Å². The van der Waals surface area contributed by atoms with E-state index in [1.54, 1.807) is 0 Å². The molecule has 0 fully saturated rings. The van der Waals surface area contributed by atoms with Crippen LogP contribution in [-0.4, -0.2) is 13.3 Å². The summed E-state index contributed by atoms with van der Waals surface area (Å²) in [6, 6.07) is 0. The zero-order chi connectivity index (χ0) is 17.4. The molecule has 2 heterocycles. The third-order valence-electron chi connectivity index (χ3n) is 4.51. The standard InChI is InChI=1S/C16H19Br2N3O2S/c1-3-5-6-8(4-2)7-21-14-12(18)10-9(15(22)19-16(10)23)11(17)13(14)20-24-21/h8,20H,3-7H2,1-2H3,(H,19,22,23). The van der Waals surface area contributed by atoms with Crippen molar-refractivity contribution >= 4 is 65.4 Å². The second-order valence-electron chi connectivity index (χ2n) is 6.06. The van der Waals surface area contributed by atoms with Crippen molar-refractivity contribution < 1.29 is 0 Å². The van der Waals surface area contributed by atoms with Crippen LogP contribution in [-0.2, 0) is 6.54 Å². The Bertz CT molecular complexity index is 999. The number of aromatic nitrogens is 3. The monoisotopic (exact) mass is 475 g/mol. The van der Waals surface area contributed by atoms with Crippen molar-refractivity contribution in [2.45, 2.75) is 46.1 Å². The number of fused-ring (bicyclic) bond motifs is 2. The highest BCUT2D eigenvalue weighted by atomic mass is 79.9. The van der Waals surface area contributed by atoms with Crippen molar-refractivity contribution in [1.82, 2.24) is 13.3 Å². The Kier molecular flexibility index (Phi) is 5.36. The number of hydrogen-bond acceptors (Lipinski definition) is 3. The molecule has 1 atom stereocenters. The molecule has 2 N–H and O–H groups in total. The van der Waals surface area contributed by atoms with E-state index in [2.05, 4.69) is 59.0 Å². The van der Waals surface area contributed by atoms with E-state index in [4.69, 9.17) is 0 Å². The van der Waals surface area contributed by atoms with Crippen molar-refractivity contribution in [2.75, 3.05) is 0 Å². The minimum absolute atomic E-state index is 0.347. The quantitative estimate of drug-likeness (QED) is 0.526. The van der Waals surface area contributed by atoms with Gasteiger partial charge in [-0.25, -0.2) is 0 Å². The molecule has 5 nitrogen and oxygen atoms in total. The predicted octanol–water partition coefficient (Wildman–Crippen LogP) is 4.97. The molecule has 0 aliphatic carbocycles. The molecule has 1 unspecified atom stereocenters. The van der Waals surface area contributed by atoms with E-state index in [0.29, 0.717) is 25.6 Å². The van der Waals surface area contributed by atoms with Crippen molar-refractivity contribution in [1.29, 1.82) is 0 Å². The number of nitrogens with one attached hydrogen (secondary N) is 2. The fourth-order valence-electron chi connectivity index (χ4n) is 3.09. The summed E-state index contributed by atoms with van der Waals surface area (Å²) < 4.78 is 6.80. The van der Waals surface area contributed by atoms with Gasteiger partial charge in [0.1, 0.15) is 0 Å². The Morgan fingerprint density at radius 1 is 1.12 bits per heavy atom. The van der Waals surface area contributed by atoms with Gasteiger partial charge in [0.2, 0.25) is 0 Å². The van der Waals surface area contributed by atoms with Gasteiger partial charge in [0.15, 0.2) is 0 Å². The molecular weight excluding hydrogens is 458 g/mol. The Hall–Kier alpha value is -0.860. The molecule has 3 aromatic rings. The summed E-state index contributed by atoms with van der Waals surface area (Å²) in [7, 11) is 0. The van der Waals surface area contributed by atoms with Gasteiger partial charge in [0, 0.05) is 18.3 Å². The Morgan fingerprint density at radius 3 is 2.42 bits per heavy atom. The van der Waals surface area contributed by atoms with Crippen LogP contribution in [0, 0.1) is 5.92 Å². The molecule has 0 saturated heterocycles. The fourth-order valence-corrected chi connectivity index (χ4v) is 5.75. The van der Waals surface area contributed by atoms with E-state index in [1.807, 2.05) is 0 Å². The van der Waals surface area contributed by atoms with Crippen molar-refractivity contribution in [3.8, 4) is 0 Å². The molecule has 2 aromatic heterocycles. The van der Waals surface area contributed by atoms with Gasteiger partial charge >= 0.3 is 0 Å². The molecule has 0 bridgehead atoms. The molecule has 0 radical (unpaired) electrons. The van der Waals surface area contributed by atoms with E-state index in [-0.39, 0.29) is 11.1 Å². The van der Waals surface area contributed by atoms with Gasteiger partial charge in [0.25, 0.3) is 11.1 Å². The molecule has 3 rings (SSSR count). The van der Waals surface area contributed by atoms with E-state index in [1.165, 1.54) is 31.0 Å². The highest BCUT2D eigenvalue weighted by Crippen LogP contribution is 2.37. The van der Waals surface area contributed by atoms with Gasteiger partial charge in [-0.2, -0.15) is 0 Å². The first-order chi connectivity index (χ1) is 11.5. The summed E-state index contributed by atoms with van der Waals surface area (Å²) in [5.41, 5.74) is 1.08. The summed E-state index contributed by atoms with van der Waals surface area (Å²) >= 11 is 8.57. The van der Waals surface area contributed by atoms with E-state index < -0.39 is 0 Å². The third-order valence-corrected chi connectivity index (χ3v) is 6.92. The fraction of sp³-hybridized carbons (Fsp3) is 0.500. The lowest BCUT2D eigenvalue weighted by atomic mass is 9.99. The van der Waals surface area contributed by atoms with Crippen molar-refractivity contribution in [3.05, 3.63) is 29.7 Å². The van der Waals surface area contributed by atoms with Gasteiger partial charge in [-0.05, 0) is 44.2 Å². The Morgan fingerprint density at radius 2 is 1.79 bits per heavy atom. The number of H-pyrrole nitrogens is 2. The molecule has 0 aliphatic rings. The Balaban J connectivity index is 2.18. The first-order valence-corrected chi connectivity index (χ1v) is 10.5. The molecule has 0 spiro atoms. The summed E-state index contributed by atoms with van der Waals surface area (Å²) in [5.74, 6) is 0.597. The maximum Gasteiger partial charge on any atom is 0.260 e. The first kappa shape index (κ1) is 17.9. The highest BCUT2D eigenvalue weighted by molar-refractivity contribution is 9.11. The van der Waals surface area contributed by atoms with Gasteiger partial charge in [-0.1, -0.05) is 33.1 Å². The number of nitrogens with zero attached hydrogens (tertiary/aromatic N) is 1. The topological polar surface area (TPSA) is 70.7 Å². The second-order valence-corrected chi connectivity index (χ2v) is 8.47. The number of unbranched alkanes of at least 4 members (excludes halogenated alkanes) is 1. The highest BCUT2D eigenvalue weighted by Gasteiger charge is 2.22. The number of benzene rings is 1. The number of rotatable bonds is 6. The van der Waals surface area contributed by atoms with Crippen LogP contribution >= 0.6 is 43.6 Å². The average molecular weight is 477 g/mol. The van der Waals surface area contributed by atoms with Gasteiger partial charge < -0.3 is 0 Å². The number of hydrogen-bond donors (Lipinski definition) is 2. The molecular formula is C16H19Br2N3O2S. The molecule has 0 saturated carbocycles. The summed E-state index contributed by atoms with van der Waals surface area (Å²) in [6.45, 7) is 5.33. The summed E-state index contributed by atoms with van der Waals surface area (Å²) in [6.07, 6.45) is 4.74. The van der Waals surface area contributed by atoms with Crippen LogP contribution in [0.2, 0.25) is 0 Å². The van der Waals surface area contributed by atoms with Crippen LogP contribution in [0.1, 0.15) is 39.5 Å². The van der Waals surface area contributed by atoms with Gasteiger partial charge in [0.05, 0.1) is 30.8 Å². The predicted molar refractivity (Wildman–Crippen MR) is 107 cm³/mol. The van der Waals surface area contributed by atoms with E-state index in [0.717, 1.165) is 24.0 Å².